The number of anilines is 1. The summed E-state index contributed by atoms with van der Waals surface area (Å²) < 4.78 is 1.65. The summed E-state index contributed by atoms with van der Waals surface area (Å²) in [6, 6.07) is 7.58. The number of halogens is 1. The highest BCUT2D eigenvalue weighted by Gasteiger charge is 2.11. The van der Waals surface area contributed by atoms with Gasteiger partial charge in [-0.25, -0.2) is 0 Å². The van der Waals surface area contributed by atoms with E-state index in [1.807, 2.05) is 30.1 Å². The molecule has 0 unspecified atom stereocenters. The maximum Gasteiger partial charge on any atom is 0.255 e. The van der Waals surface area contributed by atoms with Gasteiger partial charge in [0, 0.05) is 19.3 Å². The van der Waals surface area contributed by atoms with Crippen molar-refractivity contribution in [3.63, 3.8) is 0 Å². The van der Waals surface area contributed by atoms with Gasteiger partial charge in [-0.15, -0.1) is 0 Å². The minimum Gasteiger partial charge on any atom is -0.354 e. The zero-order valence-electron chi connectivity index (χ0n) is 10.2. The first-order valence-corrected chi connectivity index (χ1v) is 6.09. The molecule has 0 saturated carbocycles. The van der Waals surface area contributed by atoms with Crippen molar-refractivity contribution in [3.05, 3.63) is 47.6 Å². The molecule has 7 heteroatoms. The van der Waals surface area contributed by atoms with E-state index >= 15 is 0 Å². The molecule has 0 fully saturated rings. The molecular weight excluding hydrogens is 264 g/mol. The van der Waals surface area contributed by atoms with Crippen molar-refractivity contribution in [2.24, 2.45) is 0 Å². The lowest BCUT2D eigenvalue weighted by Gasteiger charge is -2.19. The second-order valence-electron chi connectivity index (χ2n) is 4.09. The van der Waals surface area contributed by atoms with Gasteiger partial charge < -0.3 is 4.90 Å². The van der Waals surface area contributed by atoms with Crippen LogP contribution >= 0.6 is 11.6 Å². The van der Waals surface area contributed by atoms with E-state index in [-0.39, 0.29) is 0 Å². The molecule has 0 aliphatic heterocycles. The van der Waals surface area contributed by atoms with Crippen LogP contribution < -0.4 is 4.90 Å². The Balaban J connectivity index is 1.97. The highest BCUT2D eigenvalue weighted by atomic mass is 35.5. The fourth-order valence-corrected chi connectivity index (χ4v) is 2.03. The van der Waals surface area contributed by atoms with Crippen molar-refractivity contribution in [2.75, 3.05) is 11.9 Å². The summed E-state index contributed by atoms with van der Waals surface area (Å²) in [6.45, 7) is 0.649. The Morgan fingerprint density at radius 3 is 3.00 bits per heavy atom. The van der Waals surface area contributed by atoms with E-state index < -0.39 is 0 Å². The number of nitrogens with zero attached hydrogens (tertiary/aromatic N) is 6. The Kier molecular flexibility index (Phi) is 3.00. The molecule has 0 aromatic carbocycles. The van der Waals surface area contributed by atoms with Crippen molar-refractivity contribution >= 4 is 23.2 Å². The Morgan fingerprint density at radius 1 is 1.32 bits per heavy atom. The van der Waals surface area contributed by atoms with Gasteiger partial charge in [-0.05, 0) is 12.1 Å². The van der Waals surface area contributed by atoms with E-state index in [1.165, 1.54) is 6.33 Å². The van der Waals surface area contributed by atoms with Crippen LogP contribution in [0.4, 0.5) is 5.82 Å². The van der Waals surface area contributed by atoms with E-state index in [9.17, 15) is 0 Å². The lowest BCUT2D eigenvalue weighted by atomic mass is 10.3. The Labute approximate surface area is 114 Å². The van der Waals surface area contributed by atoms with Crippen molar-refractivity contribution in [2.45, 2.75) is 6.54 Å². The molecule has 0 bridgehead atoms. The van der Waals surface area contributed by atoms with Crippen LogP contribution in [0.1, 0.15) is 5.69 Å². The van der Waals surface area contributed by atoms with E-state index in [2.05, 4.69) is 20.1 Å². The number of pyridine rings is 1. The Bertz CT molecular complexity index is 696. The smallest absolute Gasteiger partial charge is 0.255 e. The standard InChI is InChI=1S/C12H11ClN6/c1-18(7-9-4-2-3-5-14-9)11-6-10(13)17-12-15-8-16-19(11)12/h2-6,8H,7H2,1H3. The van der Waals surface area contributed by atoms with Crippen LogP contribution in [0.3, 0.4) is 0 Å². The molecule has 6 nitrogen and oxygen atoms in total. The summed E-state index contributed by atoms with van der Waals surface area (Å²) in [5.41, 5.74) is 0.964. The molecule has 0 saturated heterocycles. The quantitative estimate of drug-likeness (QED) is 0.682. The monoisotopic (exact) mass is 274 g/mol. The molecule has 3 heterocycles. The van der Waals surface area contributed by atoms with Gasteiger partial charge in [-0.2, -0.15) is 19.6 Å². The number of fused-ring (bicyclic) bond motifs is 1. The molecule has 96 valence electrons. The zero-order chi connectivity index (χ0) is 13.2. The number of aromatic nitrogens is 5. The summed E-state index contributed by atoms with van der Waals surface area (Å²) in [6.07, 6.45) is 3.23. The second kappa shape index (κ2) is 4.81. The maximum absolute atomic E-state index is 5.99. The van der Waals surface area contributed by atoms with Crippen LogP contribution in [0.5, 0.6) is 0 Å². The first-order chi connectivity index (χ1) is 9.24. The predicted octanol–water partition coefficient (Wildman–Crippen LogP) is 1.81. The fourth-order valence-electron chi connectivity index (χ4n) is 1.86. The van der Waals surface area contributed by atoms with Gasteiger partial charge in [0.25, 0.3) is 5.78 Å². The normalized spacial score (nSPS) is 10.8. The zero-order valence-corrected chi connectivity index (χ0v) is 11.0. The lowest BCUT2D eigenvalue weighted by Crippen LogP contribution is -2.20. The van der Waals surface area contributed by atoms with Gasteiger partial charge in [0.2, 0.25) is 0 Å². The molecule has 0 atom stereocenters. The van der Waals surface area contributed by atoms with Gasteiger partial charge in [0.1, 0.15) is 17.3 Å². The summed E-state index contributed by atoms with van der Waals surface area (Å²) >= 11 is 5.99. The van der Waals surface area contributed by atoms with Gasteiger partial charge in [-0.1, -0.05) is 17.7 Å². The molecule has 0 aliphatic carbocycles. The highest BCUT2D eigenvalue weighted by Crippen LogP contribution is 2.19. The van der Waals surface area contributed by atoms with Crippen LogP contribution in [0.25, 0.3) is 5.78 Å². The average molecular weight is 275 g/mol. The number of hydrogen-bond donors (Lipinski definition) is 0. The van der Waals surface area contributed by atoms with Gasteiger partial charge in [0.15, 0.2) is 0 Å². The van der Waals surface area contributed by atoms with E-state index in [0.29, 0.717) is 17.5 Å². The lowest BCUT2D eigenvalue weighted by molar-refractivity contribution is 0.816. The first-order valence-electron chi connectivity index (χ1n) is 5.71. The SMILES string of the molecule is CN(Cc1ccccn1)c1cc(Cl)nc2ncnn12. The second-order valence-corrected chi connectivity index (χ2v) is 4.47. The van der Waals surface area contributed by atoms with Crippen LogP contribution in [0, 0.1) is 0 Å². The summed E-state index contributed by atoms with van der Waals surface area (Å²) in [7, 11) is 1.95. The first kappa shape index (κ1) is 11.9. The fraction of sp³-hybridized carbons (Fsp3) is 0.167. The maximum atomic E-state index is 5.99. The molecule has 0 aliphatic rings. The van der Waals surface area contributed by atoms with E-state index in [0.717, 1.165) is 11.5 Å². The molecule has 3 rings (SSSR count). The van der Waals surface area contributed by atoms with E-state index in [1.54, 1.807) is 16.8 Å². The number of hydrogen-bond acceptors (Lipinski definition) is 5. The topological polar surface area (TPSA) is 59.2 Å². The van der Waals surface area contributed by atoms with Crippen molar-refractivity contribution in [1.29, 1.82) is 0 Å². The number of rotatable bonds is 3. The van der Waals surface area contributed by atoms with Crippen molar-refractivity contribution in [3.8, 4) is 0 Å². The third-order valence-corrected chi connectivity index (χ3v) is 2.91. The molecule has 0 radical (unpaired) electrons. The van der Waals surface area contributed by atoms with Crippen LogP contribution in [0.15, 0.2) is 36.8 Å². The highest BCUT2D eigenvalue weighted by molar-refractivity contribution is 6.29. The van der Waals surface area contributed by atoms with Crippen LogP contribution in [-0.4, -0.2) is 31.6 Å². The van der Waals surface area contributed by atoms with Gasteiger partial charge in [-0.3, -0.25) is 4.98 Å². The van der Waals surface area contributed by atoms with Crippen molar-refractivity contribution in [1.82, 2.24) is 24.6 Å². The minimum absolute atomic E-state index is 0.392. The molecule has 3 aromatic heterocycles. The third kappa shape index (κ3) is 2.34. The predicted molar refractivity (Wildman–Crippen MR) is 72.1 cm³/mol. The average Bonchev–Trinajstić information content (AvgIpc) is 2.86. The largest absolute Gasteiger partial charge is 0.354 e. The van der Waals surface area contributed by atoms with Crippen LogP contribution in [-0.2, 0) is 6.54 Å². The van der Waals surface area contributed by atoms with Gasteiger partial charge in [0.05, 0.1) is 12.2 Å². The summed E-state index contributed by atoms with van der Waals surface area (Å²) in [5.74, 6) is 1.30. The van der Waals surface area contributed by atoms with Crippen molar-refractivity contribution < 1.29 is 0 Å². The molecule has 19 heavy (non-hydrogen) atoms. The molecule has 3 aromatic rings. The third-order valence-electron chi connectivity index (χ3n) is 2.72. The molecule has 0 spiro atoms. The van der Waals surface area contributed by atoms with Crippen LogP contribution in [0.2, 0.25) is 5.15 Å². The molecular formula is C12H11ClN6. The Hall–Kier alpha value is -2.21. The minimum atomic E-state index is 0.392. The summed E-state index contributed by atoms with van der Waals surface area (Å²) in [4.78, 5) is 14.4. The summed E-state index contributed by atoms with van der Waals surface area (Å²) in [5, 5.41) is 4.54. The molecule has 0 N–H and O–H groups in total. The molecule has 0 amide bonds. The van der Waals surface area contributed by atoms with E-state index in [4.69, 9.17) is 11.6 Å². The van der Waals surface area contributed by atoms with Gasteiger partial charge >= 0.3 is 0 Å². The Morgan fingerprint density at radius 2 is 2.21 bits per heavy atom.